The van der Waals surface area contributed by atoms with Crippen LogP contribution in [0.2, 0.25) is 0 Å². The number of nitrogens with zero attached hydrogens (tertiary/aromatic N) is 3. The van der Waals surface area contributed by atoms with Crippen LogP contribution in [-0.4, -0.2) is 66.5 Å². The number of benzene rings is 2. The molecule has 0 radical (unpaired) electrons. The van der Waals surface area contributed by atoms with Gasteiger partial charge < -0.3 is 18.8 Å². The summed E-state index contributed by atoms with van der Waals surface area (Å²) >= 11 is 0. The summed E-state index contributed by atoms with van der Waals surface area (Å²) in [5, 5.41) is 15.4. The Hall–Kier alpha value is -3.49. The van der Waals surface area contributed by atoms with Crippen molar-refractivity contribution in [3.63, 3.8) is 0 Å². The zero-order valence-electron chi connectivity index (χ0n) is 19.5. The molecule has 2 atom stereocenters. The summed E-state index contributed by atoms with van der Waals surface area (Å²) in [6, 6.07) is 19.2. The molecule has 2 aromatic carbocycles. The second kappa shape index (κ2) is 9.79. The molecular formula is C26H30N3O5+. The molecule has 1 aliphatic heterocycles. The molecule has 0 aliphatic carbocycles. The lowest BCUT2D eigenvalue weighted by molar-refractivity contribution is -0.913. The first-order chi connectivity index (χ1) is 16.3. The Bertz CT molecular complexity index is 1060. The SMILES string of the molecule is CN(C(=O)C[N+]1(C)CCC[C@@H]1COC(=O)C(O)(c1ccccc1)c1ccccc1)c1ccon1. The first-order valence-corrected chi connectivity index (χ1v) is 11.4. The van der Waals surface area contributed by atoms with Crippen LogP contribution >= 0.6 is 0 Å². The number of carbonyl (C=O) groups excluding carboxylic acids is 2. The maximum absolute atomic E-state index is 13.3. The molecule has 1 fully saturated rings. The standard InChI is InChI=1S/C26H30N3O5/c1-28(23-15-17-34-27-23)24(30)18-29(2)16-9-14-22(29)19-33-25(31)26(32,20-10-5-3-6-11-20)21-12-7-4-8-13-21/h3-8,10-13,15,17,22,32H,9,14,16,18-19H2,1-2H3/q+1/t22-,29?/m1/s1. The van der Waals surface area contributed by atoms with E-state index in [1.165, 1.54) is 11.2 Å². The van der Waals surface area contributed by atoms with E-state index >= 15 is 0 Å². The van der Waals surface area contributed by atoms with Crippen molar-refractivity contribution in [3.8, 4) is 0 Å². The summed E-state index contributed by atoms with van der Waals surface area (Å²) in [7, 11) is 3.66. The van der Waals surface area contributed by atoms with Crippen molar-refractivity contribution in [2.45, 2.75) is 24.5 Å². The second-order valence-electron chi connectivity index (χ2n) is 9.01. The van der Waals surface area contributed by atoms with Crippen molar-refractivity contribution < 1.29 is 28.4 Å². The molecule has 8 nitrogen and oxygen atoms in total. The Kier molecular flexibility index (Phi) is 6.81. The average Bonchev–Trinajstić information content (AvgIpc) is 3.52. The molecule has 4 rings (SSSR count). The first kappa shape index (κ1) is 23.7. The summed E-state index contributed by atoms with van der Waals surface area (Å²) in [6.07, 6.45) is 3.16. The van der Waals surface area contributed by atoms with Crippen LogP contribution in [0, 0.1) is 0 Å². The molecule has 34 heavy (non-hydrogen) atoms. The first-order valence-electron chi connectivity index (χ1n) is 11.4. The monoisotopic (exact) mass is 464 g/mol. The van der Waals surface area contributed by atoms with Gasteiger partial charge in [0.1, 0.15) is 18.9 Å². The normalized spacial score (nSPS) is 20.1. The topological polar surface area (TPSA) is 92.9 Å². The van der Waals surface area contributed by atoms with Crippen molar-refractivity contribution in [2.75, 3.05) is 38.7 Å². The van der Waals surface area contributed by atoms with E-state index < -0.39 is 11.6 Å². The number of likely N-dealkylation sites (tertiary alicyclic amines) is 1. The fourth-order valence-corrected chi connectivity index (χ4v) is 4.61. The third-order valence-corrected chi connectivity index (χ3v) is 6.81. The van der Waals surface area contributed by atoms with Gasteiger partial charge in [-0.1, -0.05) is 65.8 Å². The van der Waals surface area contributed by atoms with E-state index in [1.807, 2.05) is 19.2 Å². The van der Waals surface area contributed by atoms with Gasteiger partial charge >= 0.3 is 5.97 Å². The quantitative estimate of drug-likeness (QED) is 0.407. The number of esters is 1. The van der Waals surface area contributed by atoms with Crippen LogP contribution in [0.5, 0.6) is 0 Å². The lowest BCUT2D eigenvalue weighted by atomic mass is 9.86. The summed E-state index contributed by atoms with van der Waals surface area (Å²) in [5.74, 6) is -0.372. The fraction of sp³-hybridized carbons (Fsp3) is 0.346. The van der Waals surface area contributed by atoms with Crippen LogP contribution in [0.15, 0.2) is 77.5 Å². The van der Waals surface area contributed by atoms with Crippen LogP contribution in [0.4, 0.5) is 5.82 Å². The summed E-state index contributed by atoms with van der Waals surface area (Å²) in [5.41, 5.74) is -1.04. The van der Waals surface area contributed by atoms with E-state index in [0.29, 0.717) is 21.4 Å². The Balaban J connectivity index is 1.48. The van der Waals surface area contributed by atoms with Gasteiger partial charge in [0.25, 0.3) is 5.91 Å². The highest BCUT2D eigenvalue weighted by Crippen LogP contribution is 2.32. The van der Waals surface area contributed by atoms with Crippen LogP contribution in [0.3, 0.4) is 0 Å². The Morgan fingerprint density at radius 1 is 1.12 bits per heavy atom. The van der Waals surface area contributed by atoms with Gasteiger partial charge in [-0.3, -0.25) is 9.69 Å². The number of aliphatic hydroxyl groups is 1. The number of ether oxygens (including phenoxy) is 1. The number of rotatable bonds is 8. The van der Waals surface area contributed by atoms with E-state index in [-0.39, 0.29) is 25.1 Å². The number of anilines is 1. The number of aromatic nitrogens is 1. The molecule has 1 unspecified atom stereocenters. The molecule has 0 bridgehead atoms. The molecule has 0 spiro atoms. The number of amides is 1. The predicted octanol–water partition coefficient (Wildman–Crippen LogP) is 2.73. The van der Waals surface area contributed by atoms with E-state index in [4.69, 9.17) is 9.26 Å². The van der Waals surface area contributed by atoms with E-state index in [0.717, 1.165) is 19.4 Å². The number of hydrogen-bond donors (Lipinski definition) is 1. The van der Waals surface area contributed by atoms with Crippen LogP contribution in [0.25, 0.3) is 0 Å². The van der Waals surface area contributed by atoms with E-state index in [2.05, 4.69) is 5.16 Å². The van der Waals surface area contributed by atoms with Crippen LogP contribution in [0.1, 0.15) is 24.0 Å². The second-order valence-corrected chi connectivity index (χ2v) is 9.01. The van der Waals surface area contributed by atoms with Crippen molar-refractivity contribution in [3.05, 3.63) is 84.1 Å². The lowest BCUT2D eigenvalue weighted by Gasteiger charge is -2.36. The number of likely N-dealkylation sites (N-methyl/N-ethyl adjacent to an activating group) is 2. The molecule has 3 aromatic rings. The molecule has 1 amide bonds. The smallest absolute Gasteiger partial charge is 0.347 e. The molecule has 0 saturated carbocycles. The summed E-state index contributed by atoms with van der Waals surface area (Å²) in [4.78, 5) is 27.7. The maximum atomic E-state index is 13.3. The highest BCUT2D eigenvalue weighted by Gasteiger charge is 2.45. The van der Waals surface area contributed by atoms with Gasteiger partial charge in [0.05, 0.1) is 13.6 Å². The van der Waals surface area contributed by atoms with Crippen molar-refractivity contribution in [1.29, 1.82) is 0 Å². The van der Waals surface area contributed by atoms with Gasteiger partial charge in [-0.05, 0) is 11.1 Å². The Morgan fingerprint density at radius 3 is 2.29 bits per heavy atom. The third kappa shape index (κ3) is 4.60. The Morgan fingerprint density at radius 2 is 1.74 bits per heavy atom. The van der Waals surface area contributed by atoms with Crippen molar-refractivity contribution >= 4 is 17.7 Å². The largest absolute Gasteiger partial charge is 0.457 e. The van der Waals surface area contributed by atoms with Gasteiger partial charge in [0.2, 0.25) is 5.60 Å². The zero-order valence-corrected chi connectivity index (χ0v) is 19.5. The summed E-state index contributed by atoms with van der Waals surface area (Å²) < 4.78 is 11.0. The molecular weight excluding hydrogens is 434 g/mol. The Labute approximate surface area is 198 Å². The number of carbonyl (C=O) groups is 2. The maximum Gasteiger partial charge on any atom is 0.347 e. The number of quaternary nitrogens is 1. The third-order valence-electron chi connectivity index (χ3n) is 6.81. The molecule has 1 aliphatic rings. The summed E-state index contributed by atoms with van der Waals surface area (Å²) in [6.45, 7) is 1.15. The molecule has 8 heteroatoms. The molecule has 1 N–H and O–H groups in total. The minimum atomic E-state index is -1.92. The van der Waals surface area contributed by atoms with Gasteiger partial charge in [-0.2, -0.15) is 0 Å². The lowest BCUT2D eigenvalue weighted by Crippen LogP contribution is -2.55. The van der Waals surface area contributed by atoms with Crippen molar-refractivity contribution in [2.24, 2.45) is 0 Å². The molecule has 1 aromatic heterocycles. The van der Waals surface area contributed by atoms with E-state index in [1.54, 1.807) is 61.6 Å². The molecule has 2 heterocycles. The zero-order chi connectivity index (χ0) is 24.2. The number of hydrogen-bond acceptors (Lipinski definition) is 6. The van der Waals surface area contributed by atoms with Gasteiger partial charge in [-0.25, -0.2) is 4.79 Å². The minimum absolute atomic E-state index is 0.0607. The predicted molar refractivity (Wildman–Crippen MR) is 126 cm³/mol. The minimum Gasteiger partial charge on any atom is -0.457 e. The van der Waals surface area contributed by atoms with Gasteiger partial charge in [-0.15, -0.1) is 0 Å². The molecule has 1 saturated heterocycles. The van der Waals surface area contributed by atoms with E-state index in [9.17, 15) is 14.7 Å². The fourth-order valence-electron chi connectivity index (χ4n) is 4.61. The average molecular weight is 465 g/mol. The highest BCUT2D eigenvalue weighted by molar-refractivity contribution is 5.92. The van der Waals surface area contributed by atoms with Crippen LogP contribution in [-0.2, 0) is 19.9 Å². The molecule has 178 valence electrons. The van der Waals surface area contributed by atoms with Gasteiger partial charge in [0.15, 0.2) is 12.4 Å². The highest BCUT2D eigenvalue weighted by atomic mass is 16.6. The van der Waals surface area contributed by atoms with Gasteiger partial charge in [0, 0.05) is 26.0 Å². The van der Waals surface area contributed by atoms with Crippen molar-refractivity contribution in [1.82, 2.24) is 5.16 Å². The van der Waals surface area contributed by atoms with Crippen LogP contribution < -0.4 is 4.90 Å².